The molecule has 19 heavy (non-hydrogen) atoms. The fourth-order valence-corrected chi connectivity index (χ4v) is 2.69. The zero-order valence-corrected chi connectivity index (χ0v) is 12.3. The third kappa shape index (κ3) is 3.28. The molecular weight excluding hydrogens is 264 g/mol. The van der Waals surface area contributed by atoms with Crippen molar-refractivity contribution in [2.45, 2.75) is 32.2 Å². The first-order chi connectivity index (χ1) is 9.13. The molecule has 0 aliphatic carbocycles. The Morgan fingerprint density at radius 1 is 1.47 bits per heavy atom. The van der Waals surface area contributed by atoms with Crippen molar-refractivity contribution >= 4 is 17.3 Å². The lowest BCUT2D eigenvalue weighted by molar-refractivity contribution is 0.415. The smallest absolute Gasteiger partial charge is 0.287 e. The summed E-state index contributed by atoms with van der Waals surface area (Å²) >= 11 is 6.12. The first-order valence-electron chi connectivity index (χ1n) is 6.83. The van der Waals surface area contributed by atoms with Crippen LogP contribution in [0.25, 0.3) is 0 Å². The van der Waals surface area contributed by atoms with Crippen molar-refractivity contribution in [1.29, 1.82) is 0 Å². The van der Waals surface area contributed by atoms with Crippen LogP contribution in [0.5, 0.6) is 0 Å². The number of aromatic nitrogens is 2. The SMILES string of the molecule is CCCNC1CCN(c2cnn(C)c(=O)c2Cl)CC1. The predicted octanol–water partition coefficient (Wildman–Crippen LogP) is 1.40. The minimum atomic E-state index is -0.231. The van der Waals surface area contributed by atoms with Crippen LogP contribution >= 0.6 is 11.6 Å². The minimum Gasteiger partial charge on any atom is -0.369 e. The number of piperidine rings is 1. The number of hydrogen-bond donors (Lipinski definition) is 1. The number of nitrogens with zero attached hydrogens (tertiary/aromatic N) is 3. The van der Waals surface area contributed by atoms with Crippen molar-refractivity contribution < 1.29 is 0 Å². The molecule has 0 radical (unpaired) electrons. The average molecular weight is 285 g/mol. The summed E-state index contributed by atoms with van der Waals surface area (Å²) in [6.45, 7) is 5.07. The van der Waals surface area contributed by atoms with Crippen LogP contribution in [0.4, 0.5) is 5.69 Å². The van der Waals surface area contributed by atoms with E-state index in [1.807, 2.05) is 0 Å². The van der Waals surface area contributed by atoms with E-state index >= 15 is 0 Å². The quantitative estimate of drug-likeness (QED) is 0.908. The lowest BCUT2D eigenvalue weighted by Crippen LogP contribution is -2.43. The molecule has 0 unspecified atom stereocenters. The normalized spacial score (nSPS) is 16.9. The molecule has 1 aliphatic heterocycles. The van der Waals surface area contributed by atoms with Gasteiger partial charge in [0.2, 0.25) is 0 Å². The van der Waals surface area contributed by atoms with Crippen LogP contribution < -0.4 is 15.8 Å². The molecule has 1 aromatic rings. The predicted molar refractivity (Wildman–Crippen MR) is 78.0 cm³/mol. The van der Waals surface area contributed by atoms with Crippen LogP contribution in [-0.4, -0.2) is 35.5 Å². The second-order valence-corrected chi connectivity index (χ2v) is 5.37. The zero-order chi connectivity index (χ0) is 13.8. The summed E-state index contributed by atoms with van der Waals surface area (Å²) in [5, 5.41) is 7.86. The summed E-state index contributed by atoms with van der Waals surface area (Å²) in [4.78, 5) is 13.9. The third-order valence-electron chi connectivity index (χ3n) is 3.58. The van der Waals surface area contributed by atoms with Gasteiger partial charge in [-0.15, -0.1) is 0 Å². The number of rotatable bonds is 4. The highest BCUT2D eigenvalue weighted by atomic mass is 35.5. The fourth-order valence-electron chi connectivity index (χ4n) is 2.40. The molecule has 1 N–H and O–H groups in total. The zero-order valence-electron chi connectivity index (χ0n) is 11.5. The van der Waals surface area contributed by atoms with E-state index in [2.05, 4.69) is 22.2 Å². The molecule has 6 heteroatoms. The first kappa shape index (κ1) is 14.3. The van der Waals surface area contributed by atoms with E-state index in [0.29, 0.717) is 6.04 Å². The van der Waals surface area contributed by atoms with Gasteiger partial charge in [-0.3, -0.25) is 4.79 Å². The van der Waals surface area contributed by atoms with Gasteiger partial charge in [0.25, 0.3) is 5.56 Å². The number of hydrogen-bond acceptors (Lipinski definition) is 4. The maximum atomic E-state index is 11.8. The van der Waals surface area contributed by atoms with Gasteiger partial charge >= 0.3 is 0 Å². The largest absolute Gasteiger partial charge is 0.369 e. The van der Waals surface area contributed by atoms with Gasteiger partial charge in [-0.05, 0) is 25.8 Å². The number of aryl methyl sites for hydroxylation is 1. The molecule has 1 aliphatic rings. The van der Waals surface area contributed by atoms with Gasteiger partial charge in [0, 0.05) is 26.2 Å². The summed E-state index contributed by atoms with van der Waals surface area (Å²) in [6.07, 6.45) is 4.99. The Balaban J connectivity index is 2.02. The first-order valence-corrected chi connectivity index (χ1v) is 7.21. The van der Waals surface area contributed by atoms with Crippen LogP contribution in [0.1, 0.15) is 26.2 Å². The van der Waals surface area contributed by atoms with Crippen molar-refractivity contribution in [3.63, 3.8) is 0 Å². The molecule has 2 rings (SSSR count). The molecule has 0 aromatic carbocycles. The van der Waals surface area contributed by atoms with E-state index in [1.54, 1.807) is 13.2 Å². The van der Waals surface area contributed by atoms with Crippen molar-refractivity contribution in [2.75, 3.05) is 24.5 Å². The Hall–Kier alpha value is -1.07. The molecule has 0 bridgehead atoms. The molecule has 1 saturated heterocycles. The molecule has 1 fully saturated rings. The molecule has 0 atom stereocenters. The highest BCUT2D eigenvalue weighted by Crippen LogP contribution is 2.24. The minimum absolute atomic E-state index is 0.231. The second-order valence-electron chi connectivity index (χ2n) is 4.99. The second kappa shape index (κ2) is 6.39. The van der Waals surface area contributed by atoms with Crippen molar-refractivity contribution in [3.05, 3.63) is 21.6 Å². The van der Waals surface area contributed by atoms with E-state index < -0.39 is 0 Å². The fraction of sp³-hybridized carbons (Fsp3) is 0.692. The van der Waals surface area contributed by atoms with Crippen LogP contribution in [0, 0.1) is 0 Å². The van der Waals surface area contributed by atoms with E-state index in [9.17, 15) is 4.79 Å². The van der Waals surface area contributed by atoms with Gasteiger partial charge in [0.15, 0.2) is 0 Å². The number of nitrogens with one attached hydrogen (secondary N) is 1. The molecule has 0 saturated carbocycles. The van der Waals surface area contributed by atoms with Gasteiger partial charge in [-0.25, -0.2) is 4.68 Å². The van der Waals surface area contributed by atoms with Crippen LogP contribution in [0.2, 0.25) is 5.02 Å². The molecule has 0 amide bonds. The lowest BCUT2D eigenvalue weighted by Gasteiger charge is -2.34. The van der Waals surface area contributed by atoms with E-state index in [4.69, 9.17) is 11.6 Å². The molecule has 2 heterocycles. The molecule has 5 nitrogen and oxygen atoms in total. The van der Waals surface area contributed by atoms with Gasteiger partial charge in [0.05, 0.1) is 11.9 Å². The van der Waals surface area contributed by atoms with E-state index in [0.717, 1.165) is 44.6 Å². The average Bonchev–Trinajstić information content (AvgIpc) is 2.44. The highest BCUT2D eigenvalue weighted by Gasteiger charge is 2.21. The summed E-state index contributed by atoms with van der Waals surface area (Å²) < 4.78 is 1.27. The summed E-state index contributed by atoms with van der Waals surface area (Å²) in [7, 11) is 1.61. The monoisotopic (exact) mass is 284 g/mol. The van der Waals surface area contributed by atoms with Gasteiger partial charge in [0.1, 0.15) is 5.02 Å². The Morgan fingerprint density at radius 2 is 2.16 bits per heavy atom. The van der Waals surface area contributed by atoms with Crippen LogP contribution in [0.15, 0.2) is 11.0 Å². The van der Waals surface area contributed by atoms with Gasteiger partial charge in [-0.1, -0.05) is 18.5 Å². The summed E-state index contributed by atoms with van der Waals surface area (Å²) in [6, 6.07) is 0.578. The molecular formula is C13H21ClN4O. The van der Waals surface area contributed by atoms with E-state index in [-0.39, 0.29) is 10.6 Å². The lowest BCUT2D eigenvalue weighted by atomic mass is 10.0. The third-order valence-corrected chi connectivity index (χ3v) is 3.93. The standard InChI is InChI=1S/C13H21ClN4O/c1-3-6-15-10-4-7-18(8-5-10)11-9-16-17(2)13(19)12(11)14/h9-10,15H,3-8H2,1-2H3. The maximum absolute atomic E-state index is 11.8. The van der Waals surface area contributed by atoms with Crippen molar-refractivity contribution in [3.8, 4) is 0 Å². The molecule has 0 spiro atoms. The Bertz CT molecular complexity index is 480. The van der Waals surface area contributed by atoms with E-state index in [1.165, 1.54) is 4.68 Å². The maximum Gasteiger partial charge on any atom is 0.287 e. The van der Waals surface area contributed by atoms with Crippen molar-refractivity contribution in [1.82, 2.24) is 15.1 Å². The van der Waals surface area contributed by atoms with Gasteiger partial charge < -0.3 is 10.2 Å². The van der Waals surface area contributed by atoms with Crippen molar-refractivity contribution in [2.24, 2.45) is 7.05 Å². The molecule has 1 aromatic heterocycles. The van der Waals surface area contributed by atoms with Crippen LogP contribution in [0.3, 0.4) is 0 Å². The van der Waals surface area contributed by atoms with Crippen LogP contribution in [-0.2, 0) is 7.05 Å². The highest BCUT2D eigenvalue weighted by molar-refractivity contribution is 6.33. The Kier molecular flexibility index (Phi) is 4.82. The summed E-state index contributed by atoms with van der Waals surface area (Å²) in [5.74, 6) is 0. The Morgan fingerprint density at radius 3 is 2.79 bits per heavy atom. The van der Waals surface area contributed by atoms with Gasteiger partial charge in [-0.2, -0.15) is 5.10 Å². The topological polar surface area (TPSA) is 50.2 Å². The summed E-state index contributed by atoms with van der Waals surface area (Å²) in [5.41, 5.74) is 0.532. The molecule has 106 valence electrons. The number of anilines is 1. The number of halogens is 1. The Labute approximate surface area is 118 Å².